The van der Waals surface area contributed by atoms with E-state index in [-0.39, 0.29) is 0 Å². The lowest BCUT2D eigenvalue weighted by atomic mass is 10.1. The van der Waals surface area contributed by atoms with Crippen molar-refractivity contribution in [3.8, 4) is 17.2 Å². The van der Waals surface area contributed by atoms with Crippen molar-refractivity contribution in [1.82, 2.24) is 5.43 Å². The number of benzene rings is 3. The first-order valence-electron chi connectivity index (χ1n) is 9.44. The maximum atomic E-state index is 5.98. The van der Waals surface area contributed by atoms with Crippen LogP contribution in [0.2, 0.25) is 0 Å². The summed E-state index contributed by atoms with van der Waals surface area (Å²) in [5.41, 5.74) is 7.40. The van der Waals surface area contributed by atoms with Crippen LogP contribution in [0.5, 0.6) is 17.2 Å². The SMILES string of the molecule is COc1ccc(CN/N=C/c2ccccc2OCc2ccc(C)cc2)cc1OC. The molecule has 0 aromatic heterocycles. The van der Waals surface area contributed by atoms with Crippen LogP contribution in [0, 0.1) is 6.92 Å². The zero-order chi connectivity index (χ0) is 20.5. The molecule has 1 N–H and O–H groups in total. The second kappa shape index (κ2) is 10.2. The van der Waals surface area contributed by atoms with Crippen molar-refractivity contribution in [1.29, 1.82) is 0 Å². The molecule has 3 aromatic carbocycles. The predicted molar refractivity (Wildman–Crippen MR) is 116 cm³/mol. The molecule has 0 atom stereocenters. The number of para-hydroxylation sites is 1. The molecule has 0 amide bonds. The highest BCUT2D eigenvalue weighted by Gasteiger charge is 2.04. The van der Waals surface area contributed by atoms with Gasteiger partial charge in [-0.05, 0) is 42.3 Å². The van der Waals surface area contributed by atoms with E-state index in [2.05, 4.69) is 41.7 Å². The van der Waals surface area contributed by atoms with Gasteiger partial charge in [-0.25, -0.2) is 0 Å². The molecule has 0 aliphatic carbocycles. The average molecular weight is 390 g/mol. The van der Waals surface area contributed by atoms with Crippen LogP contribution in [0.25, 0.3) is 0 Å². The van der Waals surface area contributed by atoms with Crippen LogP contribution in [-0.4, -0.2) is 20.4 Å². The molecule has 5 heteroatoms. The quantitative estimate of drug-likeness (QED) is 0.424. The monoisotopic (exact) mass is 390 g/mol. The van der Waals surface area contributed by atoms with Crippen LogP contribution in [0.1, 0.15) is 22.3 Å². The molecule has 0 spiro atoms. The zero-order valence-electron chi connectivity index (χ0n) is 17.0. The number of methoxy groups -OCH3 is 2. The van der Waals surface area contributed by atoms with Gasteiger partial charge in [-0.2, -0.15) is 5.10 Å². The van der Waals surface area contributed by atoms with Crippen LogP contribution in [0.4, 0.5) is 0 Å². The fraction of sp³-hybridized carbons (Fsp3) is 0.208. The van der Waals surface area contributed by atoms with Gasteiger partial charge in [0.25, 0.3) is 0 Å². The Morgan fingerprint density at radius 1 is 0.828 bits per heavy atom. The molecule has 0 unspecified atom stereocenters. The van der Waals surface area contributed by atoms with E-state index < -0.39 is 0 Å². The number of nitrogens with one attached hydrogen (secondary N) is 1. The summed E-state index contributed by atoms with van der Waals surface area (Å²) in [6, 6.07) is 22.0. The summed E-state index contributed by atoms with van der Waals surface area (Å²) in [7, 11) is 3.25. The highest BCUT2D eigenvalue weighted by molar-refractivity contribution is 5.83. The van der Waals surface area contributed by atoms with E-state index in [4.69, 9.17) is 14.2 Å². The highest BCUT2D eigenvalue weighted by atomic mass is 16.5. The topological polar surface area (TPSA) is 52.1 Å². The number of hydrogen-bond donors (Lipinski definition) is 1. The van der Waals surface area contributed by atoms with Crippen molar-refractivity contribution in [2.45, 2.75) is 20.1 Å². The van der Waals surface area contributed by atoms with Crippen molar-refractivity contribution in [2.75, 3.05) is 14.2 Å². The molecule has 29 heavy (non-hydrogen) atoms. The molecule has 0 radical (unpaired) electrons. The maximum Gasteiger partial charge on any atom is 0.161 e. The largest absolute Gasteiger partial charge is 0.493 e. The number of hydrazone groups is 1. The first kappa shape index (κ1) is 20.3. The first-order valence-corrected chi connectivity index (χ1v) is 9.44. The van der Waals surface area contributed by atoms with Gasteiger partial charge in [0, 0.05) is 5.56 Å². The Hall–Kier alpha value is -3.47. The van der Waals surface area contributed by atoms with E-state index in [1.165, 1.54) is 5.56 Å². The molecule has 0 aliphatic heterocycles. The van der Waals surface area contributed by atoms with Gasteiger partial charge >= 0.3 is 0 Å². The van der Waals surface area contributed by atoms with Crippen LogP contribution < -0.4 is 19.6 Å². The Morgan fingerprint density at radius 3 is 2.31 bits per heavy atom. The third kappa shape index (κ3) is 5.75. The number of hydrogen-bond acceptors (Lipinski definition) is 5. The normalized spacial score (nSPS) is 10.7. The summed E-state index contributed by atoms with van der Waals surface area (Å²) in [4.78, 5) is 0. The van der Waals surface area contributed by atoms with E-state index in [1.807, 2.05) is 42.5 Å². The van der Waals surface area contributed by atoms with Gasteiger partial charge in [-0.3, -0.25) is 0 Å². The molecule has 5 nitrogen and oxygen atoms in total. The Bertz CT molecular complexity index is 953. The van der Waals surface area contributed by atoms with Crippen molar-refractivity contribution < 1.29 is 14.2 Å². The minimum atomic E-state index is 0.518. The molecule has 0 bridgehead atoms. The summed E-state index contributed by atoms with van der Waals surface area (Å²) in [6.45, 7) is 3.17. The molecule has 0 aliphatic rings. The minimum absolute atomic E-state index is 0.518. The van der Waals surface area contributed by atoms with E-state index in [0.717, 1.165) is 22.4 Å². The first-order chi connectivity index (χ1) is 14.2. The summed E-state index contributed by atoms with van der Waals surface area (Å²) in [5, 5.41) is 4.34. The Morgan fingerprint density at radius 2 is 1.55 bits per heavy atom. The van der Waals surface area contributed by atoms with Gasteiger partial charge in [0.05, 0.1) is 27.0 Å². The molecule has 0 saturated carbocycles. The van der Waals surface area contributed by atoms with E-state index in [0.29, 0.717) is 24.7 Å². The Kier molecular flexibility index (Phi) is 7.11. The van der Waals surface area contributed by atoms with Crippen molar-refractivity contribution in [3.63, 3.8) is 0 Å². The van der Waals surface area contributed by atoms with E-state index >= 15 is 0 Å². The standard InChI is InChI=1S/C24H26N2O3/c1-18-8-10-19(11-9-18)17-29-22-7-5-4-6-21(22)16-26-25-15-20-12-13-23(27-2)24(14-20)28-3/h4-14,16,25H,15,17H2,1-3H3/b26-16+. The van der Waals surface area contributed by atoms with Crippen LogP contribution in [0.15, 0.2) is 71.8 Å². The minimum Gasteiger partial charge on any atom is -0.493 e. The molecule has 150 valence electrons. The molecule has 0 heterocycles. The number of rotatable bonds is 9. The van der Waals surface area contributed by atoms with Gasteiger partial charge in [0.2, 0.25) is 0 Å². The van der Waals surface area contributed by atoms with E-state index in [1.54, 1.807) is 20.4 Å². The lowest BCUT2D eigenvalue weighted by Gasteiger charge is -2.10. The van der Waals surface area contributed by atoms with Crippen molar-refractivity contribution in [2.24, 2.45) is 5.10 Å². The number of nitrogens with zero attached hydrogens (tertiary/aromatic N) is 1. The van der Waals surface area contributed by atoms with Gasteiger partial charge in [-0.1, -0.05) is 48.0 Å². The summed E-state index contributed by atoms with van der Waals surface area (Å²) >= 11 is 0. The lowest BCUT2D eigenvalue weighted by molar-refractivity contribution is 0.306. The molecule has 3 rings (SSSR count). The van der Waals surface area contributed by atoms with E-state index in [9.17, 15) is 0 Å². The molecular formula is C24H26N2O3. The Labute approximate surface area is 171 Å². The maximum absolute atomic E-state index is 5.98. The third-order valence-corrected chi connectivity index (χ3v) is 4.46. The zero-order valence-corrected chi connectivity index (χ0v) is 17.0. The van der Waals surface area contributed by atoms with Gasteiger partial charge in [0.1, 0.15) is 12.4 Å². The summed E-state index contributed by atoms with van der Waals surface area (Å²) in [5.74, 6) is 2.20. The number of ether oxygens (including phenoxy) is 3. The predicted octanol–water partition coefficient (Wildman–Crippen LogP) is 4.71. The van der Waals surface area contributed by atoms with Gasteiger partial charge < -0.3 is 19.6 Å². The van der Waals surface area contributed by atoms with Crippen molar-refractivity contribution >= 4 is 6.21 Å². The molecular weight excluding hydrogens is 364 g/mol. The average Bonchev–Trinajstić information content (AvgIpc) is 2.76. The van der Waals surface area contributed by atoms with Gasteiger partial charge in [0.15, 0.2) is 11.5 Å². The highest BCUT2D eigenvalue weighted by Crippen LogP contribution is 2.27. The summed E-state index contributed by atoms with van der Waals surface area (Å²) in [6.07, 6.45) is 1.77. The molecule has 0 fully saturated rings. The van der Waals surface area contributed by atoms with Crippen LogP contribution in [-0.2, 0) is 13.2 Å². The molecule has 3 aromatic rings. The summed E-state index contributed by atoms with van der Waals surface area (Å²) < 4.78 is 16.6. The fourth-order valence-corrected chi connectivity index (χ4v) is 2.81. The molecule has 0 saturated heterocycles. The van der Waals surface area contributed by atoms with Gasteiger partial charge in [-0.15, -0.1) is 0 Å². The van der Waals surface area contributed by atoms with Crippen LogP contribution >= 0.6 is 0 Å². The Balaban J connectivity index is 1.58. The third-order valence-electron chi connectivity index (χ3n) is 4.46. The smallest absolute Gasteiger partial charge is 0.161 e. The second-order valence-corrected chi connectivity index (χ2v) is 6.59. The van der Waals surface area contributed by atoms with Crippen LogP contribution in [0.3, 0.4) is 0 Å². The second-order valence-electron chi connectivity index (χ2n) is 6.59. The number of aryl methyl sites for hydroxylation is 1. The fourth-order valence-electron chi connectivity index (χ4n) is 2.81. The lowest BCUT2D eigenvalue weighted by Crippen LogP contribution is -2.06. The van der Waals surface area contributed by atoms with Crippen molar-refractivity contribution in [3.05, 3.63) is 89.0 Å².